The molecular weight excluding hydrogens is 112 g/mol. The Labute approximate surface area is 57.4 Å². The van der Waals surface area contributed by atoms with Crippen LogP contribution in [-0.4, -0.2) is 5.11 Å². The lowest BCUT2D eigenvalue weighted by Gasteiger charge is -1.98. The van der Waals surface area contributed by atoms with E-state index in [4.69, 9.17) is 5.11 Å². The first kappa shape index (κ1) is 8.54. The molecular formula is C8H16O. The summed E-state index contributed by atoms with van der Waals surface area (Å²) in [6.07, 6.45) is 5.69. The van der Waals surface area contributed by atoms with Crippen LogP contribution in [0.5, 0.6) is 0 Å². The minimum absolute atomic E-state index is 0.983. The fourth-order valence-electron chi connectivity index (χ4n) is 0.736. The van der Waals surface area contributed by atoms with Gasteiger partial charge in [0.2, 0.25) is 0 Å². The molecule has 0 heterocycles. The highest BCUT2D eigenvalue weighted by molar-refractivity contribution is 4.95. The molecule has 0 rings (SSSR count). The van der Waals surface area contributed by atoms with E-state index < -0.39 is 0 Å². The van der Waals surface area contributed by atoms with Crippen LogP contribution in [0.1, 0.15) is 39.5 Å². The number of unbranched alkanes of at least 4 members (excludes halogenated alkanes) is 1. The highest BCUT2D eigenvalue weighted by Gasteiger charge is 1.91. The summed E-state index contributed by atoms with van der Waals surface area (Å²) in [5.74, 6) is 0. The molecule has 0 aromatic heterocycles. The van der Waals surface area contributed by atoms with Crippen LogP contribution in [0.25, 0.3) is 0 Å². The fraction of sp³-hybridized carbons (Fsp3) is 0.750. The highest BCUT2D eigenvalue weighted by atomic mass is 16.2. The monoisotopic (exact) mass is 128 g/mol. The third-order valence-corrected chi connectivity index (χ3v) is 1.49. The van der Waals surface area contributed by atoms with E-state index in [1.165, 1.54) is 19.1 Å². The molecule has 0 unspecified atom stereocenters. The average molecular weight is 128 g/mol. The van der Waals surface area contributed by atoms with E-state index in [-0.39, 0.29) is 0 Å². The summed E-state index contributed by atoms with van der Waals surface area (Å²) in [5, 5.41) is 8.59. The summed E-state index contributed by atoms with van der Waals surface area (Å²) in [4.78, 5) is 0. The number of hydrogen-bond donors (Lipinski definition) is 1. The number of aliphatic hydroxyl groups is 1. The van der Waals surface area contributed by atoms with Crippen LogP contribution in [0.15, 0.2) is 11.8 Å². The summed E-state index contributed by atoms with van der Waals surface area (Å²) in [6.45, 7) is 4.22. The standard InChI is InChI=1S/C8H16O/c1-3-5-6-8(4-2)7-9/h7,9H,3-6H2,1-2H3. The maximum Gasteiger partial charge on any atom is 0.0783 e. The topological polar surface area (TPSA) is 20.2 Å². The van der Waals surface area contributed by atoms with Crippen molar-refractivity contribution in [2.75, 3.05) is 0 Å². The van der Waals surface area contributed by atoms with Gasteiger partial charge in [0.15, 0.2) is 0 Å². The Bertz CT molecular complexity index is 84.6. The number of aliphatic hydroxyl groups excluding tert-OH is 1. The molecule has 0 bridgehead atoms. The van der Waals surface area contributed by atoms with E-state index in [1.807, 2.05) is 0 Å². The molecule has 0 aliphatic carbocycles. The van der Waals surface area contributed by atoms with Gasteiger partial charge in [0, 0.05) is 0 Å². The molecule has 0 amide bonds. The largest absolute Gasteiger partial charge is 0.516 e. The van der Waals surface area contributed by atoms with E-state index in [0.29, 0.717) is 0 Å². The molecule has 0 aliphatic rings. The lowest BCUT2D eigenvalue weighted by atomic mass is 10.1. The third-order valence-electron chi connectivity index (χ3n) is 1.49. The zero-order valence-corrected chi connectivity index (χ0v) is 6.35. The highest BCUT2D eigenvalue weighted by Crippen LogP contribution is 2.09. The Hall–Kier alpha value is -0.460. The van der Waals surface area contributed by atoms with Gasteiger partial charge in [-0.1, -0.05) is 20.3 Å². The molecule has 0 spiro atoms. The van der Waals surface area contributed by atoms with Gasteiger partial charge in [-0.3, -0.25) is 0 Å². The molecule has 0 saturated heterocycles. The minimum Gasteiger partial charge on any atom is -0.516 e. The lowest BCUT2D eigenvalue weighted by Crippen LogP contribution is -1.80. The summed E-state index contributed by atoms with van der Waals surface area (Å²) >= 11 is 0. The Morgan fingerprint density at radius 2 is 2.11 bits per heavy atom. The second kappa shape index (κ2) is 5.67. The lowest BCUT2D eigenvalue weighted by molar-refractivity contribution is 0.460. The fourth-order valence-corrected chi connectivity index (χ4v) is 0.736. The molecule has 54 valence electrons. The normalized spacial score (nSPS) is 12.0. The summed E-state index contributed by atoms with van der Waals surface area (Å²) in [7, 11) is 0. The Morgan fingerprint density at radius 1 is 1.44 bits per heavy atom. The molecule has 1 N–H and O–H groups in total. The quantitative estimate of drug-likeness (QED) is 0.577. The number of rotatable bonds is 4. The van der Waals surface area contributed by atoms with Gasteiger partial charge in [0.1, 0.15) is 0 Å². The van der Waals surface area contributed by atoms with Crippen molar-refractivity contribution in [2.45, 2.75) is 39.5 Å². The van der Waals surface area contributed by atoms with Crippen molar-refractivity contribution in [1.29, 1.82) is 0 Å². The first-order valence-corrected chi connectivity index (χ1v) is 3.67. The maximum atomic E-state index is 8.59. The third kappa shape index (κ3) is 4.07. The zero-order valence-electron chi connectivity index (χ0n) is 6.35. The average Bonchev–Trinajstić information content (AvgIpc) is 1.91. The predicted molar refractivity (Wildman–Crippen MR) is 40.5 cm³/mol. The second-order valence-electron chi connectivity index (χ2n) is 2.24. The van der Waals surface area contributed by atoms with Crippen molar-refractivity contribution in [3.05, 3.63) is 11.8 Å². The maximum absolute atomic E-state index is 8.59. The van der Waals surface area contributed by atoms with Crippen LogP contribution >= 0.6 is 0 Å². The molecule has 0 radical (unpaired) electrons. The van der Waals surface area contributed by atoms with Crippen molar-refractivity contribution in [2.24, 2.45) is 0 Å². The van der Waals surface area contributed by atoms with Crippen LogP contribution in [0.3, 0.4) is 0 Å². The summed E-state index contributed by atoms with van der Waals surface area (Å²) in [6, 6.07) is 0. The summed E-state index contributed by atoms with van der Waals surface area (Å²) < 4.78 is 0. The SMILES string of the molecule is CCCCC(=CO)CC. The Morgan fingerprint density at radius 3 is 2.44 bits per heavy atom. The van der Waals surface area contributed by atoms with Gasteiger partial charge in [-0.15, -0.1) is 0 Å². The molecule has 0 aromatic carbocycles. The van der Waals surface area contributed by atoms with Gasteiger partial charge in [0.05, 0.1) is 6.26 Å². The minimum atomic E-state index is 0.983. The first-order valence-electron chi connectivity index (χ1n) is 3.67. The van der Waals surface area contributed by atoms with Crippen molar-refractivity contribution in [3.63, 3.8) is 0 Å². The van der Waals surface area contributed by atoms with Crippen LogP contribution < -0.4 is 0 Å². The smallest absolute Gasteiger partial charge is 0.0783 e. The Kier molecular flexibility index (Phi) is 5.38. The van der Waals surface area contributed by atoms with Gasteiger partial charge >= 0.3 is 0 Å². The van der Waals surface area contributed by atoms with Crippen molar-refractivity contribution >= 4 is 0 Å². The van der Waals surface area contributed by atoms with Crippen molar-refractivity contribution in [1.82, 2.24) is 0 Å². The number of hydrogen-bond acceptors (Lipinski definition) is 1. The van der Waals surface area contributed by atoms with Gasteiger partial charge in [0.25, 0.3) is 0 Å². The Balaban J connectivity index is 3.33. The van der Waals surface area contributed by atoms with E-state index in [0.717, 1.165) is 18.4 Å². The van der Waals surface area contributed by atoms with Crippen molar-refractivity contribution in [3.8, 4) is 0 Å². The van der Waals surface area contributed by atoms with Gasteiger partial charge < -0.3 is 5.11 Å². The van der Waals surface area contributed by atoms with E-state index >= 15 is 0 Å². The zero-order chi connectivity index (χ0) is 7.11. The second-order valence-corrected chi connectivity index (χ2v) is 2.24. The molecule has 0 saturated carbocycles. The molecule has 0 aromatic rings. The molecule has 0 aliphatic heterocycles. The van der Waals surface area contributed by atoms with Gasteiger partial charge in [-0.25, -0.2) is 0 Å². The van der Waals surface area contributed by atoms with Crippen LogP contribution in [0, 0.1) is 0 Å². The van der Waals surface area contributed by atoms with Crippen LogP contribution in [0.4, 0.5) is 0 Å². The molecule has 9 heavy (non-hydrogen) atoms. The molecule has 0 fully saturated rings. The van der Waals surface area contributed by atoms with Crippen LogP contribution in [0.2, 0.25) is 0 Å². The molecule has 1 nitrogen and oxygen atoms in total. The first-order chi connectivity index (χ1) is 4.35. The molecule has 0 atom stereocenters. The van der Waals surface area contributed by atoms with Gasteiger partial charge in [-0.2, -0.15) is 0 Å². The number of allylic oxidation sites excluding steroid dienone is 1. The summed E-state index contributed by atoms with van der Waals surface area (Å²) in [5.41, 5.74) is 1.16. The predicted octanol–water partition coefficient (Wildman–Crippen LogP) is 3.03. The van der Waals surface area contributed by atoms with Crippen LogP contribution in [-0.2, 0) is 0 Å². The van der Waals surface area contributed by atoms with Crippen molar-refractivity contribution < 1.29 is 5.11 Å². The van der Waals surface area contributed by atoms with Gasteiger partial charge in [-0.05, 0) is 24.8 Å². The van der Waals surface area contributed by atoms with E-state index in [9.17, 15) is 0 Å². The van der Waals surface area contributed by atoms with E-state index in [2.05, 4.69) is 13.8 Å². The van der Waals surface area contributed by atoms with E-state index in [1.54, 1.807) is 0 Å². The molecule has 1 heteroatoms.